The van der Waals surface area contributed by atoms with Crippen molar-refractivity contribution in [1.29, 1.82) is 0 Å². The molecule has 5 rings (SSSR count). The molecule has 3 saturated carbocycles. The third-order valence-corrected chi connectivity index (χ3v) is 12.8. The summed E-state index contributed by atoms with van der Waals surface area (Å²) in [5, 5.41) is 21.2. The lowest BCUT2D eigenvalue weighted by Crippen LogP contribution is -2.55. The van der Waals surface area contributed by atoms with Gasteiger partial charge in [-0.25, -0.2) is 0 Å². The van der Waals surface area contributed by atoms with Crippen LogP contribution in [0.2, 0.25) is 0 Å². The van der Waals surface area contributed by atoms with Crippen LogP contribution in [0.1, 0.15) is 125 Å². The minimum Gasteiger partial charge on any atom is -0.393 e. The van der Waals surface area contributed by atoms with Gasteiger partial charge >= 0.3 is 0 Å². The van der Waals surface area contributed by atoms with Gasteiger partial charge in [0.15, 0.2) is 0 Å². The normalized spacial score (nSPS) is 46.4. The van der Waals surface area contributed by atoms with Crippen molar-refractivity contribution in [2.75, 3.05) is 0 Å². The summed E-state index contributed by atoms with van der Waals surface area (Å²) in [4.78, 5) is 0. The van der Waals surface area contributed by atoms with E-state index in [9.17, 15) is 10.2 Å². The molecule has 0 aromatic rings. The van der Waals surface area contributed by atoms with Gasteiger partial charge in [-0.2, -0.15) is 0 Å². The van der Waals surface area contributed by atoms with Gasteiger partial charge in [-0.3, -0.25) is 0 Å². The second-order valence-electron chi connectivity index (χ2n) is 14.5. The fraction of sp³-hybridized carbons (Fsp3) is 0.935. The Balaban J connectivity index is 1.36. The van der Waals surface area contributed by atoms with Gasteiger partial charge in [0.1, 0.15) is 0 Å². The van der Waals surface area contributed by atoms with Crippen LogP contribution >= 0.6 is 0 Å². The predicted octanol–water partition coefficient (Wildman–Crippen LogP) is 7.67. The summed E-state index contributed by atoms with van der Waals surface area (Å²) in [5.74, 6) is 2.83. The molecule has 188 valence electrons. The fourth-order valence-electron chi connectivity index (χ4n) is 10.2. The molecule has 0 radical (unpaired) electrons. The molecular weight excluding hydrogens is 404 g/mol. The van der Waals surface area contributed by atoms with E-state index < -0.39 is 0 Å². The minimum absolute atomic E-state index is 0.0294. The predicted molar refractivity (Wildman–Crippen MR) is 137 cm³/mol. The summed E-state index contributed by atoms with van der Waals surface area (Å²) >= 11 is 0. The van der Waals surface area contributed by atoms with E-state index in [0.717, 1.165) is 24.7 Å². The summed E-state index contributed by atoms with van der Waals surface area (Å²) in [6, 6.07) is 0. The molecule has 33 heavy (non-hydrogen) atoms. The highest BCUT2D eigenvalue weighted by Gasteiger charge is 2.63. The van der Waals surface area contributed by atoms with Crippen molar-refractivity contribution in [3.05, 3.63) is 11.1 Å². The van der Waals surface area contributed by atoms with Gasteiger partial charge in [-0.05, 0) is 116 Å². The minimum atomic E-state index is -0.141. The molecule has 0 aromatic carbocycles. The number of fused-ring (bicyclic) bond motifs is 4. The van der Waals surface area contributed by atoms with Crippen LogP contribution in [0.3, 0.4) is 0 Å². The molecular formula is C31H52O2. The Morgan fingerprint density at radius 3 is 2.27 bits per heavy atom. The summed E-state index contributed by atoms with van der Waals surface area (Å²) in [6.45, 7) is 15.1. The Labute approximate surface area is 204 Å². The Kier molecular flexibility index (Phi) is 5.97. The van der Waals surface area contributed by atoms with Gasteiger partial charge in [0.25, 0.3) is 0 Å². The van der Waals surface area contributed by atoms with Crippen molar-refractivity contribution < 1.29 is 10.2 Å². The Morgan fingerprint density at radius 2 is 1.58 bits per heavy atom. The lowest BCUT2D eigenvalue weighted by atomic mass is 9.43. The highest BCUT2D eigenvalue weighted by molar-refractivity contribution is 5.38. The Morgan fingerprint density at radius 1 is 0.848 bits per heavy atom. The zero-order valence-electron chi connectivity index (χ0n) is 22.6. The zero-order valence-corrected chi connectivity index (χ0v) is 22.6. The van der Waals surface area contributed by atoms with Crippen LogP contribution in [0.5, 0.6) is 0 Å². The fourth-order valence-corrected chi connectivity index (χ4v) is 10.2. The van der Waals surface area contributed by atoms with Crippen LogP contribution in [0.15, 0.2) is 11.1 Å². The lowest BCUT2D eigenvalue weighted by molar-refractivity contribution is -0.0962. The van der Waals surface area contributed by atoms with Crippen molar-refractivity contribution in [2.45, 2.75) is 137 Å². The van der Waals surface area contributed by atoms with E-state index in [2.05, 4.69) is 41.5 Å². The highest BCUT2D eigenvalue weighted by Crippen LogP contribution is 2.72. The first-order valence-electron chi connectivity index (χ1n) is 14.5. The topological polar surface area (TPSA) is 40.5 Å². The third kappa shape index (κ3) is 3.54. The SMILES string of the molecule is CC(CCCC(O)C1CC1)[C@H]1CC[C@@]2(C)C3=C(CC[C@]12C)[C@@]1(C)CC[C@H](O)C(C)(C)[C@@H]1CC3. The molecule has 0 saturated heterocycles. The molecule has 2 N–H and O–H groups in total. The number of aliphatic hydroxyl groups is 2. The molecule has 0 aromatic heterocycles. The largest absolute Gasteiger partial charge is 0.393 e. The Bertz CT molecular complexity index is 793. The molecule has 0 heterocycles. The van der Waals surface area contributed by atoms with E-state index in [0.29, 0.717) is 28.1 Å². The van der Waals surface area contributed by atoms with Crippen molar-refractivity contribution in [2.24, 2.45) is 45.3 Å². The van der Waals surface area contributed by atoms with Gasteiger partial charge in [0.05, 0.1) is 12.2 Å². The van der Waals surface area contributed by atoms with Crippen LogP contribution in [0.25, 0.3) is 0 Å². The van der Waals surface area contributed by atoms with E-state index in [4.69, 9.17) is 0 Å². The first-order valence-corrected chi connectivity index (χ1v) is 14.5. The standard InChI is InChI=1S/C31H52O2/c1-20(8-7-9-25(32)21-10-11-21)22-14-18-31(6)24-12-13-26-28(2,3)27(33)16-17-29(26,4)23(24)15-19-30(22,31)5/h20-22,25-27,32-33H,7-19H2,1-6H3/t20?,22-,25?,26+,27+,29-,30-,31+/m1/s1. The molecule has 0 bridgehead atoms. The smallest absolute Gasteiger partial charge is 0.0594 e. The molecule has 2 nitrogen and oxygen atoms in total. The van der Waals surface area contributed by atoms with Crippen LogP contribution < -0.4 is 0 Å². The van der Waals surface area contributed by atoms with E-state index >= 15 is 0 Å². The molecule has 0 spiro atoms. The van der Waals surface area contributed by atoms with Crippen LogP contribution in [0, 0.1) is 45.3 Å². The maximum Gasteiger partial charge on any atom is 0.0594 e. The van der Waals surface area contributed by atoms with Crippen molar-refractivity contribution in [3.8, 4) is 0 Å². The number of hydrogen-bond donors (Lipinski definition) is 2. The molecule has 3 fully saturated rings. The van der Waals surface area contributed by atoms with Crippen molar-refractivity contribution in [1.82, 2.24) is 0 Å². The van der Waals surface area contributed by atoms with Crippen LogP contribution in [-0.4, -0.2) is 22.4 Å². The number of hydrogen-bond acceptors (Lipinski definition) is 2. The first-order chi connectivity index (χ1) is 15.4. The van der Waals surface area contributed by atoms with E-state index in [1.54, 1.807) is 0 Å². The zero-order chi connectivity index (χ0) is 23.8. The van der Waals surface area contributed by atoms with Gasteiger partial charge in [-0.1, -0.05) is 65.5 Å². The number of rotatable bonds is 6. The first kappa shape index (κ1) is 24.4. The lowest BCUT2D eigenvalue weighted by Gasteiger charge is -2.62. The van der Waals surface area contributed by atoms with E-state index in [1.165, 1.54) is 70.6 Å². The maximum absolute atomic E-state index is 10.8. The molecule has 0 aliphatic heterocycles. The molecule has 2 unspecified atom stereocenters. The van der Waals surface area contributed by atoms with E-state index in [-0.39, 0.29) is 17.6 Å². The highest BCUT2D eigenvalue weighted by atomic mass is 16.3. The van der Waals surface area contributed by atoms with Gasteiger partial charge in [-0.15, -0.1) is 0 Å². The third-order valence-electron chi connectivity index (χ3n) is 12.8. The van der Waals surface area contributed by atoms with E-state index in [1.807, 2.05) is 11.1 Å². The summed E-state index contributed by atoms with van der Waals surface area (Å²) < 4.78 is 0. The molecule has 0 amide bonds. The monoisotopic (exact) mass is 456 g/mol. The molecule has 5 aliphatic carbocycles. The van der Waals surface area contributed by atoms with Crippen molar-refractivity contribution in [3.63, 3.8) is 0 Å². The molecule has 5 aliphatic rings. The summed E-state index contributed by atoms with van der Waals surface area (Å²) in [5.41, 5.74) is 4.81. The second-order valence-corrected chi connectivity index (χ2v) is 14.5. The molecule has 2 heteroatoms. The maximum atomic E-state index is 10.8. The van der Waals surface area contributed by atoms with Crippen LogP contribution in [0.4, 0.5) is 0 Å². The quantitative estimate of drug-likeness (QED) is 0.402. The summed E-state index contributed by atoms with van der Waals surface area (Å²) in [7, 11) is 0. The number of aliphatic hydroxyl groups excluding tert-OH is 2. The summed E-state index contributed by atoms with van der Waals surface area (Å²) in [6.07, 6.45) is 15.9. The molecule has 8 atom stereocenters. The van der Waals surface area contributed by atoms with Crippen LogP contribution in [-0.2, 0) is 0 Å². The van der Waals surface area contributed by atoms with Gasteiger partial charge in [0, 0.05) is 0 Å². The van der Waals surface area contributed by atoms with Gasteiger partial charge < -0.3 is 10.2 Å². The number of allylic oxidation sites excluding steroid dienone is 2. The Hall–Kier alpha value is -0.340. The van der Waals surface area contributed by atoms with Crippen molar-refractivity contribution >= 4 is 0 Å². The average molecular weight is 457 g/mol. The average Bonchev–Trinajstić information content (AvgIpc) is 3.56. The second kappa shape index (κ2) is 8.09. The van der Waals surface area contributed by atoms with Gasteiger partial charge in [0.2, 0.25) is 0 Å².